The highest BCUT2D eigenvalue weighted by Crippen LogP contribution is 2.14. The van der Waals surface area contributed by atoms with E-state index in [1.165, 1.54) is 70.6 Å². The van der Waals surface area contributed by atoms with Gasteiger partial charge in [-0.25, -0.2) is 4.99 Å². The van der Waals surface area contributed by atoms with E-state index in [0.29, 0.717) is 6.61 Å². The Hall–Kier alpha value is -0.830. The largest absolute Gasteiger partial charge is 0.479 e. The lowest BCUT2D eigenvalue weighted by Gasteiger charge is -2.14. The summed E-state index contributed by atoms with van der Waals surface area (Å²) >= 11 is 0. The van der Waals surface area contributed by atoms with Gasteiger partial charge in [-0.3, -0.25) is 0 Å². The van der Waals surface area contributed by atoms with Crippen LogP contribution in [0.2, 0.25) is 0 Å². The third-order valence-corrected chi connectivity index (χ3v) is 4.76. The SMILES string of the molecule is CCCCCCCCCCCCC/C=C/[C@H](OC)[C@@H]1COC(C)=N1. The van der Waals surface area contributed by atoms with Gasteiger partial charge in [-0.1, -0.05) is 83.3 Å². The second-order valence-corrected chi connectivity index (χ2v) is 6.98. The van der Waals surface area contributed by atoms with Gasteiger partial charge in [-0.05, 0) is 12.8 Å². The van der Waals surface area contributed by atoms with Gasteiger partial charge in [-0.2, -0.15) is 0 Å². The molecule has 1 rings (SSSR count). The summed E-state index contributed by atoms with van der Waals surface area (Å²) in [4.78, 5) is 4.46. The van der Waals surface area contributed by atoms with Crippen molar-refractivity contribution in [3.8, 4) is 0 Å². The lowest BCUT2D eigenvalue weighted by atomic mass is 10.0. The smallest absolute Gasteiger partial charge is 0.180 e. The molecule has 0 saturated heterocycles. The number of nitrogens with zero attached hydrogens (tertiary/aromatic N) is 1. The van der Waals surface area contributed by atoms with Crippen molar-refractivity contribution in [1.82, 2.24) is 0 Å². The molecule has 0 aromatic heterocycles. The highest BCUT2D eigenvalue weighted by molar-refractivity contribution is 5.74. The van der Waals surface area contributed by atoms with Gasteiger partial charge in [-0.15, -0.1) is 0 Å². The summed E-state index contributed by atoms with van der Waals surface area (Å²) < 4.78 is 10.9. The molecule has 2 atom stereocenters. The first-order chi connectivity index (χ1) is 11.8. The Morgan fingerprint density at radius 1 is 1.04 bits per heavy atom. The van der Waals surface area contributed by atoms with E-state index < -0.39 is 0 Å². The number of hydrogen-bond donors (Lipinski definition) is 0. The standard InChI is InChI=1S/C21H39NO2/c1-4-5-6-7-8-9-10-11-12-13-14-15-16-17-21(23-3)20-18-24-19(2)22-20/h16-17,20-21H,4-15,18H2,1-3H3/b17-16+/t20-,21-/m0/s1. The minimum absolute atomic E-state index is 0.0511. The minimum atomic E-state index is 0.0511. The zero-order valence-corrected chi connectivity index (χ0v) is 16.3. The first kappa shape index (κ1) is 21.2. The molecule has 0 aromatic rings. The van der Waals surface area contributed by atoms with Crippen molar-refractivity contribution in [3.05, 3.63) is 12.2 Å². The Bertz CT molecular complexity index is 352. The number of hydrogen-bond acceptors (Lipinski definition) is 3. The molecule has 0 fully saturated rings. The predicted octanol–water partition coefficient (Wildman–Crippen LogP) is 6.08. The van der Waals surface area contributed by atoms with Crippen LogP contribution in [-0.4, -0.2) is 31.8 Å². The van der Waals surface area contributed by atoms with Crippen molar-refractivity contribution in [2.45, 2.75) is 103 Å². The van der Waals surface area contributed by atoms with Gasteiger partial charge in [0.2, 0.25) is 0 Å². The third-order valence-electron chi connectivity index (χ3n) is 4.76. The van der Waals surface area contributed by atoms with Crippen LogP contribution >= 0.6 is 0 Å². The maximum atomic E-state index is 5.52. The molecule has 0 unspecified atom stereocenters. The number of rotatable bonds is 15. The van der Waals surface area contributed by atoms with Crippen molar-refractivity contribution in [1.29, 1.82) is 0 Å². The van der Waals surface area contributed by atoms with Gasteiger partial charge < -0.3 is 9.47 Å². The molecule has 1 heterocycles. The van der Waals surface area contributed by atoms with Crippen LogP contribution in [0.3, 0.4) is 0 Å². The summed E-state index contributed by atoms with van der Waals surface area (Å²) in [5.41, 5.74) is 0. The van der Waals surface area contributed by atoms with E-state index in [4.69, 9.17) is 9.47 Å². The summed E-state index contributed by atoms with van der Waals surface area (Å²) in [7, 11) is 1.75. The number of unbranched alkanes of at least 4 members (excludes halogenated alkanes) is 11. The molecule has 0 radical (unpaired) electrons. The van der Waals surface area contributed by atoms with Crippen molar-refractivity contribution in [2.75, 3.05) is 13.7 Å². The van der Waals surface area contributed by atoms with Crippen molar-refractivity contribution < 1.29 is 9.47 Å². The van der Waals surface area contributed by atoms with Crippen LogP contribution in [0.5, 0.6) is 0 Å². The Balaban J connectivity index is 1.92. The first-order valence-corrected chi connectivity index (χ1v) is 10.1. The van der Waals surface area contributed by atoms with Crippen molar-refractivity contribution in [2.24, 2.45) is 4.99 Å². The van der Waals surface area contributed by atoms with E-state index in [1.807, 2.05) is 6.92 Å². The van der Waals surface area contributed by atoms with Crippen molar-refractivity contribution in [3.63, 3.8) is 0 Å². The summed E-state index contributed by atoms with van der Waals surface area (Å²) in [5.74, 6) is 0.779. The molecule has 3 heteroatoms. The molecule has 140 valence electrons. The molecule has 24 heavy (non-hydrogen) atoms. The van der Waals surface area contributed by atoms with E-state index in [1.54, 1.807) is 7.11 Å². The normalized spacial score (nSPS) is 18.8. The fraction of sp³-hybridized carbons (Fsp3) is 0.857. The topological polar surface area (TPSA) is 30.8 Å². The molecule has 1 aliphatic heterocycles. The highest BCUT2D eigenvalue weighted by Gasteiger charge is 2.23. The van der Waals surface area contributed by atoms with Crippen LogP contribution in [0.25, 0.3) is 0 Å². The number of allylic oxidation sites excluding steroid dienone is 1. The van der Waals surface area contributed by atoms with Crippen LogP contribution in [0, 0.1) is 0 Å². The van der Waals surface area contributed by atoms with E-state index in [2.05, 4.69) is 24.1 Å². The lowest BCUT2D eigenvalue weighted by molar-refractivity contribution is 0.107. The Morgan fingerprint density at radius 3 is 2.12 bits per heavy atom. The molecule has 0 aromatic carbocycles. The second kappa shape index (κ2) is 14.5. The fourth-order valence-electron chi connectivity index (χ4n) is 3.20. The molecule has 0 amide bonds. The molecule has 3 nitrogen and oxygen atoms in total. The van der Waals surface area contributed by atoms with Gasteiger partial charge in [0.15, 0.2) is 5.90 Å². The molecule has 0 N–H and O–H groups in total. The van der Waals surface area contributed by atoms with Gasteiger partial charge in [0.05, 0.1) is 0 Å². The van der Waals surface area contributed by atoms with Crippen molar-refractivity contribution >= 4 is 5.90 Å². The Morgan fingerprint density at radius 2 is 1.62 bits per heavy atom. The highest BCUT2D eigenvalue weighted by atomic mass is 16.5. The summed E-state index contributed by atoms with van der Waals surface area (Å²) in [5, 5.41) is 0. The predicted molar refractivity (Wildman–Crippen MR) is 104 cm³/mol. The van der Waals surface area contributed by atoms with Crippen LogP contribution in [0.15, 0.2) is 17.1 Å². The Labute approximate surface area is 149 Å². The van der Waals surface area contributed by atoms with Crippen LogP contribution in [-0.2, 0) is 9.47 Å². The summed E-state index contributed by atoms with van der Waals surface area (Å²) in [6, 6.07) is 0.128. The Kier molecular flexibility index (Phi) is 12.8. The quantitative estimate of drug-likeness (QED) is 0.268. The molecule has 0 aliphatic carbocycles. The number of ether oxygens (including phenoxy) is 2. The van der Waals surface area contributed by atoms with Crippen LogP contribution < -0.4 is 0 Å². The average Bonchev–Trinajstić information content (AvgIpc) is 3.01. The second-order valence-electron chi connectivity index (χ2n) is 6.98. The lowest BCUT2D eigenvalue weighted by Crippen LogP contribution is -2.25. The third kappa shape index (κ3) is 10.1. The number of aliphatic imine (C=N–C) groups is 1. The summed E-state index contributed by atoms with van der Waals surface area (Å²) in [6.45, 7) is 4.83. The molecule has 0 spiro atoms. The van der Waals surface area contributed by atoms with Gasteiger partial charge in [0.1, 0.15) is 18.8 Å². The molecular formula is C21H39NO2. The van der Waals surface area contributed by atoms with Crippen LogP contribution in [0.4, 0.5) is 0 Å². The van der Waals surface area contributed by atoms with E-state index in [-0.39, 0.29) is 12.1 Å². The van der Waals surface area contributed by atoms with Gasteiger partial charge in [0, 0.05) is 14.0 Å². The maximum absolute atomic E-state index is 5.52. The van der Waals surface area contributed by atoms with Gasteiger partial charge >= 0.3 is 0 Å². The first-order valence-electron chi connectivity index (χ1n) is 10.1. The summed E-state index contributed by atoms with van der Waals surface area (Å²) in [6.07, 6.45) is 21.0. The van der Waals surface area contributed by atoms with Gasteiger partial charge in [0.25, 0.3) is 0 Å². The van der Waals surface area contributed by atoms with E-state index >= 15 is 0 Å². The molecule has 0 bridgehead atoms. The minimum Gasteiger partial charge on any atom is -0.479 e. The number of methoxy groups -OCH3 is 1. The zero-order chi connectivity index (χ0) is 17.5. The van der Waals surface area contributed by atoms with E-state index in [9.17, 15) is 0 Å². The van der Waals surface area contributed by atoms with E-state index in [0.717, 1.165) is 12.3 Å². The van der Waals surface area contributed by atoms with Crippen LogP contribution in [0.1, 0.15) is 90.9 Å². The molecule has 1 aliphatic rings. The molecule has 0 saturated carbocycles. The average molecular weight is 338 g/mol. The fourth-order valence-corrected chi connectivity index (χ4v) is 3.20. The maximum Gasteiger partial charge on any atom is 0.180 e. The zero-order valence-electron chi connectivity index (χ0n) is 16.3. The molecular weight excluding hydrogens is 298 g/mol. The monoisotopic (exact) mass is 337 g/mol.